The molecule has 0 aliphatic carbocycles. The van der Waals surface area contributed by atoms with Crippen molar-refractivity contribution in [3.63, 3.8) is 0 Å². The summed E-state index contributed by atoms with van der Waals surface area (Å²) in [5.41, 5.74) is 1.53. The van der Waals surface area contributed by atoms with E-state index in [1.165, 1.54) is 12.1 Å². The number of carbonyl (C=O) groups is 2. The smallest absolute Gasteiger partial charge is 0.324 e. The summed E-state index contributed by atoms with van der Waals surface area (Å²) < 4.78 is 18.6. The predicted molar refractivity (Wildman–Crippen MR) is 112 cm³/mol. The van der Waals surface area contributed by atoms with Crippen molar-refractivity contribution in [2.75, 3.05) is 31.1 Å². The van der Waals surface area contributed by atoms with E-state index >= 15 is 0 Å². The van der Waals surface area contributed by atoms with Gasteiger partial charge in [-0.25, -0.2) is 9.18 Å². The summed E-state index contributed by atoms with van der Waals surface area (Å²) >= 11 is 6.10. The molecule has 2 aromatic rings. The summed E-state index contributed by atoms with van der Waals surface area (Å²) in [6.07, 6.45) is 1.21. The molecule has 2 aliphatic heterocycles. The van der Waals surface area contributed by atoms with E-state index < -0.39 is 0 Å². The van der Waals surface area contributed by atoms with Crippen LogP contribution in [0.25, 0.3) is 0 Å². The summed E-state index contributed by atoms with van der Waals surface area (Å²) in [5, 5.41) is 3.46. The summed E-state index contributed by atoms with van der Waals surface area (Å²) in [6.45, 7) is 2.29. The third-order valence-corrected chi connectivity index (χ3v) is 5.77. The third kappa shape index (κ3) is 4.51. The minimum atomic E-state index is -0.299. The minimum Gasteiger partial charge on any atom is -0.490 e. The largest absolute Gasteiger partial charge is 0.490 e. The zero-order valence-electron chi connectivity index (χ0n) is 16.4. The molecule has 158 valence electrons. The first-order chi connectivity index (χ1) is 14.5. The van der Waals surface area contributed by atoms with E-state index in [0.29, 0.717) is 62.1 Å². The van der Waals surface area contributed by atoms with Crippen molar-refractivity contribution < 1.29 is 18.7 Å². The fourth-order valence-corrected chi connectivity index (χ4v) is 4.00. The number of nitrogens with one attached hydrogen (secondary N) is 1. The van der Waals surface area contributed by atoms with Gasteiger partial charge >= 0.3 is 6.03 Å². The van der Waals surface area contributed by atoms with Crippen LogP contribution in [0.3, 0.4) is 0 Å². The topological polar surface area (TPSA) is 61.9 Å². The number of fused-ring (bicyclic) bond motifs is 1. The number of benzene rings is 2. The standard InChI is InChI=1S/C22H23ClFN3O3/c23-17-3-6-20-19(13-17)27(11-12-30-20)22(29)26-9-7-16(8-10-26)21(28)25-14-15-1-4-18(24)5-2-15/h1-6,13,16H,7-12,14H2,(H,25,28). The van der Waals surface area contributed by atoms with Gasteiger partial charge in [0.15, 0.2) is 0 Å². The Morgan fingerprint density at radius 3 is 2.57 bits per heavy atom. The van der Waals surface area contributed by atoms with Crippen LogP contribution in [-0.2, 0) is 11.3 Å². The van der Waals surface area contributed by atoms with Gasteiger partial charge in [0.25, 0.3) is 0 Å². The Labute approximate surface area is 179 Å². The Morgan fingerprint density at radius 2 is 1.83 bits per heavy atom. The zero-order chi connectivity index (χ0) is 21.1. The number of rotatable bonds is 3. The van der Waals surface area contributed by atoms with E-state index in [0.717, 1.165) is 5.56 Å². The normalized spacial score (nSPS) is 16.6. The van der Waals surface area contributed by atoms with Crippen molar-refractivity contribution in [1.29, 1.82) is 0 Å². The molecule has 2 aromatic carbocycles. The zero-order valence-corrected chi connectivity index (χ0v) is 17.2. The van der Waals surface area contributed by atoms with Gasteiger partial charge in [0.05, 0.1) is 12.2 Å². The number of ether oxygens (including phenoxy) is 1. The number of urea groups is 1. The van der Waals surface area contributed by atoms with Crippen molar-refractivity contribution in [1.82, 2.24) is 10.2 Å². The Morgan fingerprint density at radius 1 is 1.10 bits per heavy atom. The van der Waals surface area contributed by atoms with Crippen molar-refractivity contribution in [2.45, 2.75) is 19.4 Å². The van der Waals surface area contributed by atoms with Crippen LogP contribution >= 0.6 is 11.6 Å². The average Bonchev–Trinajstić information content (AvgIpc) is 2.77. The number of amides is 3. The molecular weight excluding hydrogens is 409 g/mol. The summed E-state index contributed by atoms with van der Waals surface area (Å²) in [4.78, 5) is 29.0. The number of hydrogen-bond donors (Lipinski definition) is 1. The van der Waals surface area contributed by atoms with E-state index in [1.54, 1.807) is 40.1 Å². The summed E-state index contributed by atoms with van der Waals surface area (Å²) in [5.74, 6) is 0.178. The van der Waals surface area contributed by atoms with Crippen LogP contribution in [0.2, 0.25) is 5.02 Å². The van der Waals surface area contributed by atoms with Gasteiger partial charge in [-0.05, 0) is 48.7 Å². The molecule has 4 rings (SSSR count). The Kier molecular flexibility index (Phi) is 6.08. The molecule has 0 unspecified atom stereocenters. The number of likely N-dealkylation sites (tertiary alicyclic amines) is 1. The van der Waals surface area contributed by atoms with Crippen molar-refractivity contribution >= 4 is 29.2 Å². The highest BCUT2D eigenvalue weighted by atomic mass is 35.5. The molecular formula is C22H23ClFN3O3. The van der Waals surface area contributed by atoms with E-state index in [9.17, 15) is 14.0 Å². The van der Waals surface area contributed by atoms with Gasteiger partial charge in [0.1, 0.15) is 18.2 Å². The number of anilines is 1. The van der Waals surface area contributed by atoms with E-state index in [1.807, 2.05) is 0 Å². The van der Waals surface area contributed by atoms with Crippen LogP contribution in [0.1, 0.15) is 18.4 Å². The molecule has 0 aromatic heterocycles. The van der Waals surface area contributed by atoms with Crippen molar-refractivity contribution in [2.24, 2.45) is 5.92 Å². The molecule has 0 bridgehead atoms. The first-order valence-electron chi connectivity index (χ1n) is 10.0. The molecule has 2 heterocycles. The highest BCUT2D eigenvalue weighted by molar-refractivity contribution is 6.31. The van der Waals surface area contributed by atoms with Gasteiger partial charge in [0, 0.05) is 30.6 Å². The second-order valence-electron chi connectivity index (χ2n) is 7.50. The minimum absolute atomic E-state index is 0.0325. The van der Waals surface area contributed by atoms with Gasteiger partial charge in [-0.3, -0.25) is 9.69 Å². The molecule has 1 fully saturated rings. The number of hydrogen-bond acceptors (Lipinski definition) is 3. The van der Waals surface area contributed by atoms with Crippen LogP contribution < -0.4 is 15.0 Å². The first kappa shape index (κ1) is 20.5. The number of carbonyl (C=O) groups excluding carboxylic acids is 2. The molecule has 8 heteroatoms. The lowest BCUT2D eigenvalue weighted by Gasteiger charge is -2.37. The number of piperidine rings is 1. The van der Waals surface area contributed by atoms with Gasteiger partial charge in [-0.2, -0.15) is 0 Å². The second-order valence-corrected chi connectivity index (χ2v) is 7.94. The van der Waals surface area contributed by atoms with Gasteiger partial charge < -0.3 is 15.0 Å². The number of halogens is 2. The summed E-state index contributed by atoms with van der Waals surface area (Å²) in [7, 11) is 0. The van der Waals surface area contributed by atoms with Crippen molar-refractivity contribution in [3.05, 3.63) is 58.9 Å². The Hall–Kier alpha value is -2.80. The Balaban J connectivity index is 1.31. The molecule has 2 aliphatic rings. The predicted octanol–water partition coefficient (Wildman–Crippen LogP) is 3.83. The van der Waals surface area contributed by atoms with Gasteiger partial charge in [0.2, 0.25) is 5.91 Å². The van der Waals surface area contributed by atoms with Crippen LogP contribution in [0.5, 0.6) is 5.75 Å². The van der Waals surface area contributed by atoms with E-state index in [-0.39, 0.29) is 23.7 Å². The number of nitrogens with zero attached hydrogens (tertiary/aromatic N) is 2. The molecule has 0 spiro atoms. The monoisotopic (exact) mass is 431 g/mol. The molecule has 0 saturated carbocycles. The molecule has 0 radical (unpaired) electrons. The van der Waals surface area contributed by atoms with E-state index in [4.69, 9.17) is 16.3 Å². The third-order valence-electron chi connectivity index (χ3n) is 5.53. The first-order valence-corrected chi connectivity index (χ1v) is 10.4. The molecule has 6 nitrogen and oxygen atoms in total. The molecule has 30 heavy (non-hydrogen) atoms. The van der Waals surface area contributed by atoms with Crippen LogP contribution in [-0.4, -0.2) is 43.1 Å². The lowest BCUT2D eigenvalue weighted by atomic mass is 9.96. The highest BCUT2D eigenvalue weighted by Gasteiger charge is 2.32. The average molecular weight is 432 g/mol. The molecule has 0 atom stereocenters. The highest BCUT2D eigenvalue weighted by Crippen LogP contribution is 2.35. The van der Waals surface area contributed by atoms with Crippen molar-refractivity contribution in [3.8, 4) is 5.75 Å². The van der Waals surface area contributed by atoms with Gasteiger partial charge in [-0.1, -0.05) is 23.7 Å². The van der Waals surface area contributed by atoms with Gasteiger partial charge in [-0.15, -0.1) is 0 Å². The van der Waals surface area contributed by atoms with Crippen LogP contribution in [0, 0.1) is 11.7 Å². The fraction of sp³-hybridized carbons (Fsp3) is 0.364. The van der Waals surface area contributed by atoms with E-state index in [2.05, 4.69) is 5.32 Å². The maximum Gasteiger partial charge on any atom is 0.324 e. The summed E-state index contributed by atoms with van der Waals surface area (Å²) in [6, 6.07) is 11.2. The quantitative estimate of drug-likeness (QED) is 0.803. The molecule has 3 amide bonds. The SMILES string of the molecule is O=C(NCc1ccc(F)cc1)C1CCN(C(=O)N2CCOc3ccc(Cl)cc32)CC1. The lowest BCUT2D eigenvalue weighted by Crippen LogP contribution is -2.50. The van der Waals surface area contributed by atoms with Crippen LogP contribution in [0.4, 0.5) is 14.9 Å². The van der Waals surface area contributed by atoms with Crippen LogP contribution in [0.15, 0.2) is 42.5 Å². The molecule has 1 N–H and O–H groups in total. The lowest BCUT2D eigenvalue weighted by molar-refractivity contribution is -0.126. The Bertz CT molecular complexity index is 930. The second kappa shape index (κ2) is 8.92. The molecule has 1 saturated heterocycles. The fourth-order valence-electron chi connectivity index (χ4n) is 3.83. The maximum atomic E-state index is 13.1. The maximum absolute atomic E-state index is 13.1.